The van der Waals surface area contributed by atoms with Crippen molar-refractivity contribution in [2.45, 2.75) is 77.9 Å². The minimum Gasteiger partial charge on any atom is -0.543 e. The molecule has 1 aromatic rings. The Hall–Kier alpha value is -0.963. The van der Waals surface area contributed by atoms with Crippen molar-refractivity contribution in [3.05, 3.63) is 23.8 Å². The smallest absolute Gasteiger partial charge is 0.258 e. The highest BCUT2D eigenvalue weighted by Gasteiger charge is 2.47. The number of phenols is 1. The lowest BCUT2D eigenvalue weighted by atomic mass is 10.1. The largest absolute Gasteiger partial charge is 0.543 e. The Labute approximate surface area is 131 Å². The molecule has 0 amide bonds. The molecular weight excluding hydrogens is 276 g/mol. The third kappa shape index (κ3) is 4.03. The van der Waals surface area contributed by atoms with Crippen LogP contribution in [0.1, 0.15) is 60.5 Å². The predicted octanol–water partition coefficient (Wildman–Crippen LogP) is 5.90. The van der Waals surface area contributed by atoms with E-state index in [0.29, 0.717) is 22.4 Å². The zero-order valence-corrected chi connectivity index (χ0v) is 15.7. The summed E-state index contributed by atoms with van der Waals surface area (Å²) in [7, 11) is -1.95. The molecule has 0 saturated heterocycles. The third-order valence-electron chi connectivity index (χ3n) is 4.49. The summed E-state index contributed by atoms with van der Waals surface area (Å²) in [6, 6.07) is 5.73. The van der Waals surface area contributed by atoms with Crippen LogP contribution in [-0.2, 0) is 6.42 Å². The van der Waals surface area contributed by atoms with Gasteiger partial charge in [-0.05, 0) is 40.7 Å². The van der Waals surface area contributed by atoms with Crippen LogP contribution in [0, 0.1) is 0 Å². The van der Waals surface area contributed by atoms with Crippen LogP contribution in [0.3, 0.4) is 0 Å². The van der Waals surface area contributed by atoms with E-state index in [-0.39, 0.29) is 0 Å². The van der Waals surface area contributed by atoms with Crippen LogP contribution in [0.15, 0.2) is 18.2 Å². The van der Waals surface area contributed by atoms with Gasteiger partial charge < -0.3 is 9.53 Å². The average Bonchev–Trinajstić information content (AvgIpc) is 2.34. The van der Waals surface area contributed by atoms with Crippen molar-refractivity contribution >= 4 is 8.32 Å². The van der Waals surface area contributed by atoms with Gasteiger partial charge in [-0.3, -0.25) is 0 Å². The molecular formula is C18H32O2Si. The molecule has 1 aromatic carbocycles. The fourth-order valence-corrected chi connectivity index (χ4v) is 8.93. The van der Waals surface area contributed by atoms with Crippen molar-refractivity contribution in [2.24, 2.45) is 0 Å². The van der Waals surface area contributed by atoms with Crippen LogP contribution < -0.4 is 4.43 Å². The molecule has 0 aliphatic heterocycles. The summed E-state index contributed by atoms with van der Waals surface area (Å²) in [5, 5.41) is 9.97. The number of aromatic hydroxyl groups is 1. The van der Waals surface area contributed by atoms with Crippen LogP contribution in [0.5, 0.6) is 11.5 Å². The summed E-state index contributed by atoms with van der Waals surface area (Å²) < 4.78 is 6.63. The maximum absolute atomic E-state index is 9.97. The van der Waals surface area contributed by atoms with Crippen molar-refractivity contribution in [1.29, 1.82) is 0 Å². The van der Waals surface area contributed by atoms with Gasteiger partial charge in [-0.25, -0.2) is 0 Å². The molecule has 0 aliphatic carbocycles. The first-order chi connectivity index (χ1) is 9.73. The summed E-state index contributed by atoms with van der Waals surface area (Å²) in [5.74, 6) is 1.16. The van der Waals surface area contributed by atoms with Gasteiger partial charge >= 0.3 is 0 Å². The number of hydrogen-bond donors (Lipinski definition) is 1. The van der Waals surface area contributed by atoms with Crippen LogP contribution in [0.4, 0.5) is 0 Å². The summed E-state index contributed by atoms with van der Waals surface area (Å²) in [5.41, 5.74) is 2.77. The SMILES string of the molecule is CCCc1cc(O)cc(O[Si](C(C)C)(C(C)C)C(C)C)c1. The molecule has 0 aromatic heterocycles. The molecule has 120 valence electrons. The molecule has 1 N–H and O–H groups in total. The van der Waals surface area contributed by atoms with Gasteiger partial charge in [0.05, 0.1) is 0 Å². The van der Waals surface area contributed by atoms with Crippen molar-refractivity contribution in [2.75, 3.05) is 0 Å². The Morgan fingerprint density at radius 1 is 0.952 bits per heavy atom. The number of rotatable bonds is 7. The first-order valence-corrected chi connectivity index (χ1v) is 10.4. The Bertz CT molecular complexity index is 431. The fourth-order valence-electron chi connectivity index (χ4n) is 3.69. The topological polar surface area (TPSA) is 29.5 Å². The van der Waals surface area contributed by atoms with Crippen molar-refractivity contribution < 1.29 is 9.53 Å². The first kappa shape index (κ1) is 18.1. The normalized spacial score (nSPS) is 12.5. The second-order valence-corrected chi connectivity index (χ2v) is 12.4. The monoisotopic (exact) mass is 308 g/mol. The van der Waals surface area contributed by atoms with E-state index in [9.17, 15) is 5.11 Å². The van der Waals surface area contributed by atoms with E-state index in [1.165, 1.54) is 0 Å². The maximum atomic E-state index is 9.97. The van der Waals surface area contributed by atoms with E-state index in [2.05, 4.69) is 54.5 Å². The minimum absolute atomic E-state index is 0.315. The molecule has 0 radical (unpaired) electrons. The van der Waals surface area contributed by atoms with E-state index < -0.39 is 8.32 Å². The zero-order valence-electron chi connectivity index (χ0n) is 14.7. The molecule has 0 heterocycles. The lowest BCUT2D eigenvalue weighted by Gasteiger charge is -2.42. The van der Waals surface area contributed by atoms with Gasteiger partial charge in [-0.2, -0.15) is 0 Å². The summed E-state index contributed by atoms with van der Waals surface area (Å²) in [6.07, 6.45) is 2.05. The van der Waals surface area contributed by atoms with Gasteiger partial charge in [-0.15, -0.1) is 0 Å². The second kappa shape index (κ2) is 7.35. The van der Waals surface area contributed by atoms with Gasteiger partial charge in [0.2, 0.25) is 0 Å². The van der Waals surface area contributed by atoms with E-state index in [1.807, 2.05) is 6.07 Å². The lowest BCUT2D eigenvalue weighted by molar-refractivity contribution is 0.455. The molecule has 0 saturated carbocycles. The number of hydrogen-bond acceptors (Lipinski definition) is 2. The number of aryl methyl sites for hydroxylation is 1. The Morgan fingerprint density at radius 2 is 1.48 bits per heavy atom. The minimum atomic E-state index is -1.95. The van der Waals surface area contributed by atoms with Crippen molar-refractivity contribution in [3.8, 4) is 11.5 Å². The quantitative estimate of drug-likeness (QED) is 0.635. The Morgan fingerprint density at radius 3 is 1.90 bits per heavy atom. The highest BCUT2D eigenvalue weighted by Crippen LogP contribution is 2.43. The van der Waals surface area contributed by atoms with E-state index in [4.69, 9.17) is 4.43 Å². The van der Waals surface area contributed by atoms with Crippen molar-refractivity contribution in [3.63, 3.8) is 0 Å². The average molecular weight is 309 g/mol. The van der Waals surface area contributed by atoms with Crippen LogP contribution in [0.2, 0.25) is 16.6 Å². The second-order valence-electron chi connectivity index (χ2n) is 7.00. The Kier molecular flexibility index (Phi) is 6.33. The molecule has 0 atom stereocenters. The molecule has 0 aliphatic rings. The number of benzene rings is 1. The molecule has 0 spiro atoms. The van der Waals surface area contributed by atoms with Crippen LogP contribution >= 0.6 is 0 Å². The van der Waals surface area contributed by atoms with E-state index in [0.717, 1.165) is 24.2 Å². The predicted molar refractivity (Wildman–Crippen MR) is 93.8 cm³/mol. The Balaban J connectivity index is 3.20. The van der Waals surface area contributed by atoms with Crippen molar-refractivity contribution in [1.82, 2.24) is 0 Å². The summed E-state index contributed by atoms with van der Waals surface area (Å²) >= 11 is 0. The maximum Gasteiger partial charge on any atom is 0.258 e. The van der Waals surface area contributed by atoms with Gasteiger partial charge in [0.1, 0.15) is 11.5 Å². The first-order valence-electron chi connectivity index (χ1n) is 8.25. The molecule has 1 rings (SSSR count). The highest BCUT2D eigenvalue weighted by atomic mass is 28.4. The molecule has 0 fully saturated rings. The molecule has 2 nitrogen and oxygen atoms in total. The van der Waals surface area contributed by atoms with E-state index >= 15 is 0 Å². The fraction of sp³-hybridized carbons (Fsp3) is 0.667. The lowest BCUT2D eigenvalue weighted by Crippen LogP contribution is -2.50. The molecule has 21 heavy (non-hydrogen) atoms. The summed E-state index contributed by atoms with van der Waals surface area (Å²) in [6.45, 7) is 15.8. The standard InChI is InChI=1S/C18H32O2Si/c1-8-9-16-10-17(19)12-18(11-16)20-21(13(2)3,14(4)5)15(6)7/h10-15,19H,8-9H2,1-7H3. The van der Waals surface area contributed by atoms with Gasteiger partial charge in [0, 0.05) is 6.07 Å². The van der Waals surface area contributed by atoms with Gasteiger partial charge in [0.25, 0.3) is 8.32 Å². The van der Waals surface area contributed by atoms with Gasteiger partial charge in [0.15, 0.2) is 0 Å². The van der Waals surface area contributed by atoms with Gasteiger partial charge in [-0.1, -0.05) is 54.9 Å². The zero-order chi connectivity index (χ0) is 16.2. The third-order valence-corrected chi connectivity index (χ3v) is 10.5. The molecule has 3 heteroatoms. The number of phenolic OH excluding ortho intramolecular Hbond substituents is 1. The molecule has 0 bridgehead atoms. The summed E-state index contributed by atoms with van der Waals surface area (Å²) in [4.78, 5) is 0. The highest BCUT2D eigenvalue weighted by molar-refractivity contribution is 6.78. The molecule has 0 unspecified atom stereocenters. The van der Waals surface area contributed by atoms with E-state index in [1.54, 1.807) is 6.07 Å². The van der Waals surface area contributed by atoms with Crippen LogP contribution in [-0.4, -0.2) is 13.4 Å². The van der Waals surface area contributed by atoms with Crippen LogP contribution in [0.25, 0.3) is 0 Å².